The lowest BCUT2D eigenvalue weighted by Crippen LogP contribution is -2.01. The molecule has 0 atom stereocenters. The van der Waals surface area contributed by atoms with Crippen LogP contribution in [0.4, 0.5) is 5.69 Å². The molecule has 1 heterocycles. The van der Waals surface area contributed by atoms with Crippen molar-refractivity contribution < 1.29 is 4.98 Å². The molecule has 1 rings (SSSR count). The number of nitrogens with one attached hydrogen (secondary N) is 1. The van der Waals surface area contributed by atoms with Crippen molar-refractivity contribution in [3.05, 3.63) is 22.0 Å². The molecule has 0 unspecified atom stereocenters. The number of nitrogen functional groups attached to an aromatic ring is 1. The number of halogens is 1. The van der Waals surface area contributed by atoms with Gasteiger partial charge in [0.05, 0.1) is 9.26 Å². The van der Waals surface area contributed by atoms with E-state index in [4.69, 9.17) is 5.73 Å². The molecule has 0 saturated carbocycles. The Bertz CT molecular complexity index is 167. The molecule has 0 spiro atoms. The zero-order chi connectivity index (χ0) is 5.98. The summed E-state index contributed by atoms with van der Waals surface area (Å²) in [7, 11) is 0. The summed E-state index contributed by atoms with van der Waals surface area (Å²) in [5.74, 6) is 0. The van der Waals surface area contributed by atoms with Gasteiger partial charge in [-0.15, -0.1) is 0 Å². The van der Waals surface area contributed by atoms with Crippen molar-refractivity contribution in [2.75, 3.05) is 5.73 Å². The predicted octanol–water partition coefficient (Wildman–Crippen LogP) is 0.688. The van der Waals surface area contributed by atoms with Gasteiger partial charge in [0.25, 0.3) is 0 Å². The number of aromatic nitrogens is 1. The van der Waals surface area contributed by atoms with Crippen molar-refractivity contribution in [1.82, 2.24) is 0 Å². The lowest BCUT2D eigenvalue weighted by molar-refractivity contribution is -0.378. The first kappa shape index (κ1) is 5.81. The Labute approximate surface area is 61.3 Å². The molecule has 1 aromatic heterocycles. The summed E-state index contributed by atoms with van der Waals surface area (Å²) in [6.45, 7) is 0. The van der Waals surface area contributed by atoms with E-state index in [1.165, 1.54) is 0 Å². The van der Waals surface area contributed by atoms with Gasteiger partial charge >= 0.3 is 0 Å². The molecule has 3 heteroatoms. The minimum atomic E-state index is 0.823. The number of hydrogen-bond acceptors (Lipinski definition) is 1. The van der Waals surface area contributed by atoms with E-state index in [0.29, 0.717) is 0 Å². The van der Waals surface area contributed by atoms with Crippen LogP contribution in [-0.4, -0.2) is 0 Å². The lowest BCUT2D eigenvalue weighted by atomic mass is 10.4. The Kier molecular flexibility index (Phi) is 1.67. The van der Waals surface area contributed by atoms with E-state index >= 15 is 0 Å². The van der Waals surface area contributed by atoms with Crippen LogP contribution in [0.2, 0.25) is 0 Å². The second kappa shape index (κ2) is 2.30. The molecule has 2 nitrogen and oxygen atoms in total. The van der Waals surface area contributed by atoms with E-state index in [0.717, 1.165) is 9.26 Å². The number of aromatic amines is 1. The van der Waals surface area contributed by atoms with Crippen LogP contribution in [0, 0.1) is 3.57 Å². The third-order valence-electron chi connectivity index (χ3n) is 0.845. The molecular weight excluding hydrogens is 215 g/mol. The molecule has 0 aliphatic heterocycles. The van der Waals surface area contributed by atoms with Crippen molar-refractivity contribution in [3.63, 3.8) is 0 Å². The molecule has 42 valence electrons. The number of hydrogen-bond donors (Lipinski definition) is 1. The van der Waals surface area contributed by atoms with Crippen LogP contribution in [-0.2, 0) is 0 Å². The average molecular weight is 221 g/mol. The topological polar surface area (TPSA) is 40.2 Å². The molecule has 0 aliphatic rings. The van der Waals surface area contributed by atoms with Crippen LogP contribution < -0.4 is 10.7 Å². The minimum Gasteiger partial charge on any atom is -0.398 e. The lowest BCUT2D eigenvalue weighted by Gasteiger charge is -1.86. The maximum absolute atomic E-state index is 5.49. The number of H-pyrrole nitrogens is 1. The number of anilines is 1. The molecule has 3 N–H and O–H groups in total. The van der Waals surface area contributed by atoms with Crippen LogP contribution in [0.15, 0.2) is 18.5 Å². The number of nitrogens with two attached hydrogens (primary N) is 1. The fourth-order valence-electron chi connectivity index (χ4n) is 0.422. The van der Waals surface area contributed by atoms with E-state index in [9.17, 15) is 0 Å². The van der Waals surface area contributed by atoms with Crippen LogP contribution in [0.25, 0.3) is 0 Å². The fourth-order valence-corrected chi connectivity index (χ4v) is 0.782. The monoisotopic (exact) mass is 221 g/mol. The molecule has 8 heavy (non-hydrogen) atoms. The predicted molar refractivity (Wildman–Crippen MR) is 40.1 cm³/mol. The maximum Gasteiger partial charge on any atom is 0.182 e. The Balaban J connectivity index is 3.13. The van der Waals surface area contributed by atoms with Crippen molar-refractivity contribution in [2.24, 2.45) is 0 Å². The number of pyridine rings is 1. The van der Waals surface area contributed by atoms with Gasteiger partial charge in [-0.25, -0.2) is 4.98 Å². The summed E-state index contributed by atoms with van der Waals surface area (Å²) < 4.78 is 1.06. The Morgan fingerprint density at radius 3 is 2.75 bits per heavy atom. The van der Waals surface area contributed by atoms with Gasteiger partial charge in [-0.05, 0) is 22.6 Å². The average Bonchev–Trinajstić information content (AvgIpc) is 1.77. The first-order chi connectivity index (χ1) is 3.80. The Morgan fingerprint density at radius 1 is 1.62 bits per heavy atom. The summed E-state index contributed by atoms with van der Waals surface area (Å²) >= 11 is 2.17. The second-order valence-corrected chi connectivity index (χ2v) is 2.61. The molecule has 0 bridgehead atoms. The van der Waals surface area contributed by atoms with Gasteiger partial charge in [0.2, 0.25) is 0 Å². The largest absolute Gasteiger partial charge is 0.398 e. The zero-order valence-electron chi connectivity index (χ0n) is 4.19. The summed E-state index contributed by atoms with van der Waals surface area (Å²) in [5, 5.41) is 0. The Hall–Kier alpha value is -0.320. The zero-order valence-corrected chi connectivity index (χ0v) is 6.34. The van der Waals surface area contributed by atoms with Gasteiger partial charge in [0, 0.05) is 6.07 Å². The van der Waals surface area contributed by atoms with Gasteiger partial charge < -0.3 is 5.73 Å². The molecule has 0 fully saturated rings. The van der Waals surface area contributed by atoms with Gasteiger partial charge in [-0.2, -0.15) is 0 Å². The smallest absolute Gasteiger partial charge is 0.182 e. The van der Waals surface area contributed by atoms with E-state index in [2.05, 4.69) is 27.6 Å². The fraction of sp³-hybridized carbons (Fsp3) is 0. The maximum atomic E-state index is 5.49. The van der Waals surface area contributed by atoms with Crippen LogP contribution in [0.1, 0.15) is 0 Å². The highest BCUT2D eigenvalue weighted by Gasteiger charge is 1.92. The molecule has 0 saturated heterocycles. The SMILES string of the molecule is Nc1cc[nH+]cc1I. The quantitative estimate of drug-likeness (QED) is 0.643. The molecule has 0 radical (unpaired) electrons. The third-order valence-corrected chi connectivity index (χ3v) is 1.78. The van der Waals surface area contributed by atoms with Crippen molar-refractivity contribution in [2.45, 2.75) is 0 Å². The minimum absolute atomic E-state index is 0.823. The highest BCUT2D eigenvalue weighted by atomic mass is 127. The van der Waals surface area contributed by atoms with E-state index < -0.39 is 0 Å². The molecular formula is C5H6IN2+. The van der Waals surface area contributed by atoms with E-state index in [1.54, 1.807) is 6.20 Å². The summed E-state index contributed by atoms with van der Waals surface area (Å²) in [6, 6.07) is 1.84. The summed E-state index contributed by atoms with van der Waals surface area (Å²) in [5.41, 5.74) is 6.32. The first-order valence-electron chi connectivity index (χ1n) is 2.22. The van der Waals surface area contributed by atoms with E-state index in [1.807, 2.05) is 12.3 Å². The Morgan fingerprint density at radius 2 is 2.38 bits per heavy atom. The standard InChI is InChI=1S/C5H5IN2/c6-4-3-8-2-1-5(4)7/h1-3H,(H2,7,8)/p+1. The first-order valence-corrected chi connectivity index (χ1v) is 3.29. The normalized spacial score (nSPS) is 9.12. The molecule has 0 aromatic carbocycles. The highest BCUT2D eigenvalue weighted by Crippen LogP contribution is 2.08. The van der Waals surface area contributed by atoms with Crippen LogP contribution >= 0.6 is 22.6 Å². The van der Waals surface area contributed by atoms with Gasteiger partial charge in [0.15, 0.2) is 12.4 Å². The molecule has 0 amide bonds. The molecule has 1 aromatic rings. The molecule has 0 aliphatic carbocycles. The van der Waals surface area contributed by atoms with Crippen LogP contribution in [0.5, 0.6) is 0 Å². The van der Waals surface area contributed by atoms with Crippen LogP contribution in [0.3, 0.4) is 0 Å². The second-order valence-electron chi connectivity index (χ2n) is 1.45. The van der Waals surface area contributed by atoms with Crippen molar-refractivity contribution >= 4 is 28.3 Å². The third kappa shape index (κ3) is 1.09. The van der Waals surface area contributed by atoms with Gasteiger partial charge in [-0.3, -0.25) is 0 Å². The highest BCUT2D eigenvalue weighted by molar-refractivity contribution is 14.1. The van der Waals surface area contributed by atoms with Gasteiger partial charge in [0.1, 0.15) is 0 Å². The summed E-state index contributed by atoms with van der Waals surface area (Å²) in [4.78, 5) is 2.91. The van der Waals surface area contributed by atoms with Crippen molar-refractivity contribution in [3.8, 4) is 0 Å². The number of rotatable bonds is 0. The summed E-state index contributed by atoms with van der Waals surface area (Å²) in [6.07, 6.45) is 3.66. The van der Waals surface area contributed by atoms with Crippen molar-refractivity contribution in [1.29, 1.82) is 0 Å². The van der Waals surface area contributed by atoms with Gasteiger partial charge in [-0.1, -0.05) is 0 Å². The van der Waals surface area contributed by atoms with E-state index in [-0.39, 0.29) is 0 Å².